The highest BCUT2D eigenvalue weighted by Crippen LogP contribution is 2.65. The van der Waals surface area contributed by atoms with Gasteiger partial charge in [-0.05, 0) is 133 Å². The van der Waals surface area contributed by atoms with E-state index in [0.29, 0.717) is 0 Å². The fraction of sp³-hybridized carbons (Fsp3) is 0.0294. The topological polar surface area (TPSA) is 12.5 Å². The summed E-state index contributed by atoms with van der Waals surface area (Å²) in [4.78, 5) is 5.10. The average Bonchev–Trinajstić information content (AvgIpc) is 4.07. The zero-order valence-electron chi connectivity index (χ0n) is 38.8. The molecule has 336 valence electrons. The van der Waals surface area contributed by atoms with Crippen LogP contribution in [0.5, 0.6) is 11.5 Å². The summed E-state index contributed by atoms with van der Waals surface area (Å²) in [5, 5.41) is 2.62. The molecule has 2 aliphatic carbocycles. The van der Waals surface area contributed by atoms with E-state index in [-0.39, 0.29) is 0 Å². The van der Waals surface area contributed by atoms with Crippen LogP contribution in [0.3, 0.4) is 0 Å². The molecule has 0 N–H and O–H groups in total. The highest BCUT2D eigenvalue weighted by Gasteiger charge is 2.52. The molecule has 12 aromatic rings. The quantitative estimate of drug-likeness (QED) is 0.174. The minimum absolute atomic E-state index is 0.460. The van der Waals surface area contributed by atoms with E-state index in [0.717, 1.165) is 39.7 Å². The van der Waals surface area contributed by atoms with Crippen molar-refractivity contribution in [2.45, 2.75) is 20.6 Å². The van der Waals surface area contributed by atoms with Gasteiger partial charge in [-0.15, -0.1) is 11.3 Å². The van der Waals surface area contributed by atoms with E-state index in [1.165, 1.54) is 96.7 Å². The molecule has 0 atom stereocenters. The summed E-state index contributed by atoms with van der Waals surface area (Å²) in [6.07, 6.45) is 0. The Bertz CT molecular complexity index is 4170. The number of anilines is 3. The molecule has 4 heteroatoms. The molecule has 4 aliphatic rings. The number of hydrogen-bond acceptors (Lipinski definition) is 4. The molecule has 0 fully saturated rings. The van der Waals surface area contributed by atoms with Crippen molar-refractivity contribution in [3.8, 4) is 44.9 Å². The number of nitrogens with zero attached hydrogens (tertiary/aromatic N) is 1. The normalized spacial score (nSPS) is 14.4. The molecule has 16 rings (SSSR count). The molecule has 11 aromatic carbocycles. The summed E-state index contributed by atoms with van der Waals surface area (Å²) < 4.78 is 9.39. The van der Waals surface area contributed by atoms with E-state index in [1.54, 1.807) is 0 Å². The molecule has 0 radical (unpaired) electrons. The van der Waals surface area contributed by atoms with Gasteiger partial charge in [0.05, 0.1) is 10.8 Å². The molecule has 2 spiro atoms. The number of para-hydroxylation sites is 2. The van der Waals surface area contributed by atoms with Crippen LogP contribution in [0, 0.1) is 0 Å². The zero-order chi connectivity index (χ0) is 47.1. The Morgan fingerprint density at radius 2 is 0.806 bits per heavy atom. The van der Waals surface area contributed by atoms with Crippen LogP contribution in [0.4, 0.5) is 17.1 Å². The minimum Gasteiger partial charge on any atom is -0.457 e. The summed E-state index contributed by atoms with van der Waals surface area (Å²) in [5.74, 6) is 1.78. The van der Waals surface area contributed by atoms with Gasteiger partial charge in [0, 0.05) is 58.2 Å². The molecular formula is C68H41NOS2. The fourth-order valence-electron chi connectivity index (χ4n) is 13.2. The van der Waals surface area contributed by atoms with Gasteiger partial charge in [-0.1, -0.05) is 194 Å². The van der Waals surface area contributed by atoms with Gasteiger partial charge < -0.3 is 9.64 Å². The van der Waals surface area contributed by atoms with Gasteiger partial charge >= 0.3 is 0 Å². The Morgan fingerprint density at radius 3 is 1.51 bits per heavy atom. The van der Waals surface area contributed by atoms with Crippen molar-refractivity contribution in [3.05, 3.63) is 293 Å². The van der Waals surface area contributed by atoms with Gasteiger partial charge in [-0.25, -0.2) is 0 Å². The van der Waals surface area contributed by atoms with E-state index >= 15 is 0 Å². The lowest BCUT2D eigenvalue weighted by molar-refractivity contribution is 0.436. The average molecular weight is 952 g/mol. The van der Waals surface area contributed by atoms with Crippen LogP contribution in [0.2, 0.25) is 0 Å². The standard InChI is InChI=1S/C68H41NOS2/c1-4-21-53-47(16-1)49-38-36-45(41-60(49)68(53)56-23-6-10-27-61(56)70-62-28-11-7-24-57(62)68)69(43-34-32-42(33-35-43)46-19-15-20-51-50-18-3-12-29-63(50)72-66(46)51)44-37-39-55-52(40-44)48-17-2-5-22-54(48)67(55)58-25-8-13-30-64(58)71-65-31-14-9-26-59(65)67/h1-41H. The second-order valence-corrected chi connectivity index (χ2v) is 21.5. The van der Waals surface area contributed by atoms with Crippen LogP contribution in [-0.4, -0.2) is 0 Å². The highest BCUT2D eigenvalue weighted by atomic mass is 32.2. The Hall–Kier alpha value is -8.41. The van der Waals surface area contributed by atoms with Gasteiger partial charge in [-0.2, -0.15) is 0 Å². The van der Waals surface area contributed by atoms with E-state index in [9.17, 15) is 0 Å². The third-order valence-electron chi connectivity index (χ3n) is 16.0. The lowest BCUT2D eigenvalue weighted by Gasteiger charge is -2.40. The largest absolute Gasteiger partial charge is 0.457 e. The Balaban J connectivity index is 0.939. The van der Waals surface area contributed by atoms with Crippen LogP contribution < -0.4 is 9.64 Å². The van der Waals surface area contributed by atoms with Gasteiger partial charge in [0.25, 0.3) is 0 Å². The number of ether oxygens (including phenoxy) is 1. The van der Waals surface area contributed by atoms with E-state index in [2.05, 4.69) is 254 Å². The van der Waals surface area contributed by atoms with Crippen LogP contribution in [-0.2, 0) is 10.8 Å². The van der Waals surface area contributed by atoms with Crippen molar-refractivity contribution in [2.75, 3.05) is 4.90 Å². The number of rotatable bonds is 4. The van der Waals surface area contributed by atoms with Crippen LogP contribution in [0.25, 0.3) is 53.6 Å². The molecule has 0 saturated heterocycles. The van der Waals surface area contributed by atoms with E-state index in [1.807, 2.05) is 23.1 Å². The van der Waals surface area contributed by atoms with Crippen molar-refractivity contribution in [3.63, 3.8) is 0 Å². The molecular weight excluding hydrogens is 911 g/mol. The van der Waals surface area contributed by atoms with Crippen LogP contribution in [0.1, 0.15) is 44.5 Å². The Morgan fingerprint density at radius 1 is 0.319 bits per heavy atom. The predicted octanol–water partition coefficient (Wildman–Crippen LogP) is 18.5. The maximum Gasteiger partial charge on any atom is 0.132 e. The highest BCUT2D eigenvalue weighted by molar-refractivity contribution is 7.99. The van der Waals surface area contributed by atoms with Crippen molar-refractivity contribution in [1.29, 1.82) is 0 Å². The van der Waals surface area contributed by atoms with Crippen LogP contribution in [0.15, 0.2) is 259 Å². The molecule has 0 saturated carbocycles. The molecule has 0 amide bonds. The number of fused-ring (bicyclic) bond motifs is 21. The molecule has 72 heavy (non-hydrogen) atoms. The van der Waals surface area contributed by atoms with Crippen molar-refractivity contribution in [1.82, 2.24) is 0 Å². The first-order valence-electron chi connectivity index (χ1n) is 24.7. The van der Waals surface area contributed by atoms with Gasteiger partial charge in [0.2, 0.25) is 0 Å². The van der Waals surface area contributed by atoms with Crippen molar-refractivity contribution >= 4 is 60.3 Å². The van der Waals surface area contributed by atoms with Gasteiger partial charge in [0.1, 0.15) is 11.5 Å². The Kier molecular flexibility index (Phi) is 8.43. The summed E-state index contributed by atoms with van der Waals surface area (Å²) in [7, 11) is 0. The second-order valence-electron chi connectivity index (χ2n) is 19.4. The van der Waals surface area contributed by atoms with Crippen molar-refractivity contribution < 1.29 is 4.74 Å². The van der Waals surface area contributed by atoms with E-state index in [4.69, 9.17) is 4.74 Å². The first-order chi connectivity index (χ1) is 35.7. The van der Waals surface area contributed by atoms with Gasteiger partial charge in [-0.3, -0.25) is 0 Å². The van der Waals surface area contributed by atoms with Crippen molar-refractivity contribution in [2.24, 2.45) is 0 Å². The Labute approximate surface area is 426 Å². The molecule has 0 bridgehead atoms. The number of thiophene rings is 1. The number of hydrogen-bond donors (Lipinski definition) is 0. The molecule has 0 unspecified atom stereocenters. The lowest BCUT2D eigenvalue weighted by Crippen LogP contribution is -2.32. The number of benzene rings is 11. The summed E-state index contributed by atoms with van der Waals surface area (Å²) in [6, 6.07) is 92.8. The lowest BCUT2D eigenvalue weighted by atomic mass is 9.66. The monoisotopic (exact) mass is 951 g/mol. The smallest absolute Gasteiger partial charge is 0.132 e. The molecule has 3 heterocycles. The summed E-state index contributed by atoms with van der Waals surface area (Å²) >= 11 is 3.77. The summed E-state index contributed by atoms with van der Waals surface area (Å²) in [6.45, 7) is 0. The van der Waals surface area contributed by atoms with E-state index < -0.39 is 10.8 Å². The maximum atomic E-state index is 6.75. The van der Waals surface area contributed by atoms with Crippen LogP contribution >= 0.6 is 23.1 Å². The first-order valence-corrected chi connectivity index (χ1v) is 26.4. The SMILES string of the molecule is c1ccc2c(c1)Oc1ccccc1C21c2ccccc2-c2ccc(N(c3ccc(-c4cccc5c4sc4ccccc45)cc3)c3ccc4c(c3)-c3ccccc3C43c4ccccc4Sc4ccccc43)cc21. The second kappa shape index (κ2) is 15.1. The predicted molar refractivity (Wildman–Crippen MR) is 298 cm³/mol. The first kappa shape index (κ1) is 40.3. The molecule has 2 aliphatic heterocycles. The third-order valence-corrected chi connectivity index (χ3v) is 18.4. The summed E-state index contributed by atoms with van der Waals surface area (Å²) in [5.41, 5.74) is 19.9. The zero-order valence-corrected chi connectivity index (χ0v) is 40.5. The third kappa shape index (κ3) is 5.30. The fourth-order valence-corrected chi connectivity index (χ4v) is 15.6. The maximum absolute atomic E-state index is 6.75. The minimum atomic E-state index is -0.602. The molecule has 2 nitrogen and oxygen atoms in total. The van der Waals surface area contributed by atoms with Gasteiger partial charge in [0.15, 0.2) is 0 Å². The molecule has 1 aromatic heterocycles.